The third-order valence-corrected chi connectivity index (χ3v) is 4.28. The topological polar surface area (TPSA) is 38.0 Å². The lowest BCUT2D eigenvalue weighted by molar-refractivity contribution is -0.0259. The molecule has 2 aliphatic carbocycles. The Labute approximate surface area is 90.1 Å². The largest absolute Gasteiger partial charge is 0.383 e. The number of aryl methyl sites for hydroxylation is 1. The van der Waals surface area contributed by atoms with Gasteiger partial charge in [0.1, 0.15) is 5.60 Å². The SMILES string of the molecule is CCn1nccc1C1(O)CC2CCC1C2. The first kappa shape index (κ1) is 9.40. The van der Waals surface area contributed by atoms with Crippen LogP contribution in [0, 0.1) is 11.8 Å². The minimum absolute atomic E-state index is 0.476. The summed E-state index contributed by atoms with van der Waals surface area (Å²) >= 11 is 0. The van der Waals surface area contributed by atoms with Crippen molar-refractivity contribution in [1.29, 1.82) is 0 Å². The molecule has 0 aliphatic heterocycles. The first-order valence-corrected chi connectivity index (χ1v) is 5.98. The second-order valence-corrected chi connectivity index (χ2v) is 5.04. The molecule has 0 saturated heterocycles. The van der Waals surface area contributed by atoms with E-state index in [0.29, 0.717) is 5.92 Å². The Bertz CT molecular complexity index is 373. The lowest BCUT2D eigenvalue weighted by Gasteiger charge is -2.32. The zero-order valence-electron chi connectivity index (χ0n) is 9.19. The molecule has 1 N–H and O–H groups in total. The van der Waals surface area contributed by atoms with Gasteiger partial charge >= 0.3 is 0 Å². The summed E-state index contributed by atoms with van der Waals surface area (Å²) in [7, 11) is 0. The van der Waals surface area contributed by atoms with E-state index in [0.717, 1.165) is 24.6 Å². The number of nitrogens with zero attached hydrogens (tertiary/aromatic N) is 2. The average Bonchev–Trinajstić information content (AvgIpc) is 2.91. The maximum absolute atomic E-state index is 10.8. The van der Waals surface area contributed by atoms with Crippen molar-refractivity contribution in [3.63, 3.8) is 0 Å². The van der Waals surface area contributed by atoms with Crippen molar-refractivity contribution < 1.29 is 5.11 Å². The van der Waals surface area contributed by atoms with E-state index in [9.17, 15) is 5.11 Å². The van der Waals surface area contributed by atoms with Gasteiger partial charge in [0.05, 0.1) is 5.69 Å². The van der Waals surface area contributed by atoms with E-state index < -0.39 is 5.60 Å². The van der Waals surface area contributed by atoms with Crippen LogP contribution in [0.5, 0.6) is 0 Å². The first-order valence-electron chi connectivity index (χ1n) is 5.98. The molecule has 1 aromatic rings. The molecule has 2 fully saturated rings. The van der Waals surface area contributed by atoms with Crippen LogP contribution in [-0.4, -0.2) is 14.9 Å². The molecule has 82 valence electrons. The zero-order chi connectivity index (χ0) is 10.5. The molecule has 0 radical (unpaired) electrons. The van der Waals surface area contributed by atoms with Crippen LogP contribution >= 0.6 is 0 Å². The smallest absolute Gasteiger partial charge is 0.109 e. The summed E-state index contributed by atoms with van der Waals surface area (Å²) in [6.07, 6.45) is 6.47. The Morgan fingerprint density at radius 3 is 3.07 bits per heavy atom. The van der Waals surface area contributed by atoms with Crippen LogP contribution in [0.15, 0.2) is 12.3 Å². The monoisotopic (exact) mass is 206 g/mol. The van der Waals surface area contributed by atoms with Gasteiger partial charge in [-0.1, -0.05) is 0 Å². The second-order valence-electron chi connectivity index (χ2n) is 5.04. The standard InChI is InChI=1S/C12H18N2O/c1-2-14-11(5-6-13-14)12(15)8-9-3-4-10(12)7-9/h5-6,9-10,15H,2-4,7-8H2,1H3. The Balaban J connectivity index is 1.99. The van der Waals surface area contributed by atoms with Gasteiger partial charge in [0.25, 0.3) is 0 Å². The molecule has 15 heavy (non-hydrogen) atoms. The molecule has 2 saturated carbocycles. The number of hydrogen-bond donors (Lipinski definition) is 1. The molecule has 2 bridgehead atoms. The highest BCUT2D eigenvalue weighted by Crippen LogP contribution is 2.55. The highest BCUT2D eigenvalue weighted by Gasteiger charge is 2.52. The molecule has 3 nitrogen and oxygen atoms in total. The van der Waals surface area contributed by atoms with Crippen LogP contribution in [0.25, 0.3) is 0 Å². The van der Waals surface area contributed by atoms with Gasteiger partial charge in [-0.25, -0.2) is 0 Å². The van der Waals surface area contributed by atoms with Crippen LogP contribution in [0.2, 0.25) is 0 Å². The summed E-state index contributed by atoms with van der Waals surface area (Å²) < 4.78 is 1.95. The highest BCUT2D eigenvalue weighted by molar-refractivity contribution is 5.18. The van der Waals surface area contributed by atoms with Gasteiger partial charge < -0.3 is 5.11 Å². The van der Waals surface area contributed by atoms with E-state index in [1.807, 2.05) is 16.9 Å². The molecule has 3 unspecified atom stereocenters. The maximum atomic E-state index is 10.8. The van der Waals surface area contributed by atoms with Crippen LogP contribution in [0.1, 0.15) is 38.3 Å². The van der Waals surface area contributed by atoms with Crippen molar-refractivity contribution in [2.24, 2.45) is 11.8 Å². The number of rotatable bonds is 2. The molecule has 0 amide bonds. The first-order chi connectivity index (χ1) is 7.24. The van der Waals surface area contributed by atoms with E-state index in [1.54, 1.807) is 0 Å². The quantitative estimate of drug-likeness (QED) is 0.802. The minimum atomic E-state index is -0.574. The Kier molecular flexibility index (Phi) is 1.93. The molecular formula is C12H18N2O. The predicted octanol–water partition coefficient (Wildman–Crippen LogP) is 1.91. The Morgan fingerprint density at radius 2 is 2.47 bits per heavy atom. The fraction of sp³-hybridized carbons (Fsp3) is 0.750. The van der Waals surface area contributed by atoms with E-state index in [4.69, 9.17) is 0 Å². The molecule has 2 aliphatic rings. The lowest BCUT2D eigenvalue weighted by Crippen LogP contribution is -2.34. The van der Waals surface area contributed by atoms with Gasteiger partial charge in [-0.15, -0.1) is 0 Å². The molecular weight excluding hydrogens is 188 g/mol. The van der Waals surface area contributed by atoms with Gasteiger partial charge in [-0.3, -0.25) is 4.68 Å². The van der Waals surface area contributed by atoms with Crippen molar-refractivity contribution in [2.45, 2.75) is 44.8 Å². The molecule has 0 spiro atoms. The Hall–Kier alpha value is -0.830. The fourth-order valence-electron chi connectivity index (χ4n) is 3.57. The van der Waals surface area contributed by atoms with E-state index in [1.165, 1.54) is 19.3 Å². The van der Waals surface area contributed by atoms with Gasteiger partial charge in [-0.05, 0) is 50.5 Å². The third-order valence-electron chi connectivity index (χ3n) is 4.28. The van der Waals surface area contributed by atoms with Crippen LogP contribution < -0.4 is 0 Å². The van der Waals surface area contributed by atoms with Crippen molar-refractivity contribution in [3.8, 4) is 0 Å². The molecule has 3 atom stereocenters. The van der Waals surface area contributed by atoms with Crippen molar-refractivity contribution in [1.82, 2.24) is 9.78 Å². The second kappa shape index (κ2) is 3.08. The molecule has 0 aromatic carbocycles. The van der Waals surface area contributed by atoms with Crippen LogP contribution in [-0.2, 0) is 12.1 Å². The minimum Gasteiger partial charge on any atom is -0.383 e. The van der Waals surface area contributed by atoms with Gasteiger partial charge in [0, 0.05) is 12.7 Å². The number of aliphatic hydroxyl groups is 1. The van der Waals surface area contributed by atoms with E-state index in [-0.39, 0.29) is 0 Å². The third kappa shape index (κ3) is 1.19. The summed E-state index contributed by atoms with van der Waals surface area (Å²) in [5, 5.41) is 15.1. The van der Waals surface area contributed by atoms with Crippen LogP contribution in [0.3, 0.4) is 0 Å². The average molecular weight is 206 g/mol. The fourth-order valence-corrected chi connectivity index (χ4v) is 3.57. The molecule has 3 rings (SSSR count). The zero-order valence-corrected chi connectivity index (χ0v) is 9.19. The molecule has 3 heteroatoms. The summed E-state index contributed by atoms with van der Waals surface area (Å²) in [4.78, 5) is 0. The summed E-state index contributed by atoms with van der Waals surface area (Å²) in [6, 6.07) is 1.99. The highest BCUT2D eigenvalue weighted by atomic mass is 16.3. The van der Waals surface area contributed by atoms with Gasteiger partial charge in [0.2, 0.25) is 0 Å². The van der Waals surface area contributed by atoms with Crippen molar-refractivity contribution in [2.75, 3.05) is 0 Å². The Morgan fingerprint density at radius 1 is 1.60 bits per heavy atom. The summed E-state index contributed by atoms with van der Waals surface area (Å²) in [5.74, 6) is 1.23. The van der Waals surface area contributed by atoms with Crippen molar-refractivity contribution in [3.05, 3.63) is 18.0 Å². The predicted molar refractivity (Wildman–Crippen MR) is 57.2 cm³/mol. The number of aromatic nitrogens is 2. The van der Waals surface area contributed by atoms with E-state index in [2.05, 4.69) is 12.0 Å². The van der Waals surface area contributed by atoms with Gasteiger partial charge in [0.15, 0.2) is 0 Å². The molecule has 1 aromatic heterocycles. The summed E-state index contributed by atoms with van der Waals surface area (Å²) in [6.45, 7) is 2.93. The number of hydrogen-bond acceptors (Lipinski definition) is 2. The van der Waals surface area contributed by atoms with Gasteiger partial charge in [-0.2, -0.15) is 5.10 Å². The van der Waals surface area contributed by atoms with Crippen molar-refractivity contribution >= 4 is 0 Å². The van der Waals surface area contributed by atoms with Crippen LogP contribution in [0.4, 0.5) is 0 Å². The maximum Gasteiger partial charge on any atom is 0.109 e. The summed E-state index contributed by atoms with van der Waals surface area (Å²) in [5.41, 5.74) is 0.465. The lowest BCUT2D eigenvalue weighted by atomic mass is 9.81. The van der Waals surface area contributed by atoms with E-state index >= 15 is 0 Å². The number of fused-ring (bicyclic) bond motifs is 2. The normalized spacial score (nSPS) is 38.8. The molecule has 1 heterocycles.